The quantitative estimate of drug-likeness (QED) is 0.585. The summed E-state index contributed by atoms with van der Waals surface area (Å²) in [5.74, 6) is 1.07. The van der Waals surface area contributed by atoms with Gasteiger partial charge in [0.1, 0.15) is 0 Å². The molecule has 10 heavy (non-hydrogen) atoms. The molecule has 0 aliphatic heterocycles. The van der Waals surface area contributed by atoms with E-state index in [0.29, 0.717) is 5.25 Å². The van der Waals surface area contributed by atoms with Crippen molar-refractivity contribution in [3.05, 3.63) is 0 Å². The van der Waals surface area contributed by atoms with Crippen LogP contribution in [0.2, 0.25) is 0 Å². The lowest BCUT2D eigenvalue weighted by molar-refractivity contribution is 0.196. The monoisotopic (exact) mass is 163 g/mol. The van der Waals surface area contributed by atoms with E-state index in [4.69, 9.17) is 5.11 Å². The Hall–Kier alpha value is 0.270. The number of rotatable bonds is 5. The van der Waals surface area contributed by atoms with Crippen LogP contribution in [0.1, 0.15) is 13.8 Å². The second-order valence-electron chi connectivity index (χ2n) is 2.42. The summed E-state index contributed by atoms with van der Waals surface area (Å²) in [4.78, 5) is 0. The van der Waals surface area contributed by atoms with Gasteiger partial charge in [0.2, 0.25) is 0 Å². The van der Waals surface area contributed by atoms with E-state index in [1.807, 2.05) is 20.9 Å². The van der Waals surface area contributed by atoms with Gasteiger partial charge in [0.15, 0.2) is 0 Å². The van der Waals surface area contributed by atoms with Crippen molar-refractivity contribution in [1.82, 2.24) is 5.32 Å². The third-order valence-electron chi connectivity index (χ3n) is 1.41. The molecule has 0 aliphatic rings. The molecule has 0 fully saturated rings. The zero-order chi connectivity index (χ0) is 7.98. The fourth-order valence-electron chi connectivity index (χ4n) is 0.486. The average molecular weight is 163 g/mol. The molecule has 0 aromatic carbocycles. The van der Waals surface area contributed by atoms with Crippen molar-refractivity contribution in [2.75, 3.05) is 19.3 Å². The van der Waals surface area contributed by atoms with Gasteiger partial charge >= 0.3 is 0 Å². The summed E-state index contributed by atoms with van der Waals surface area (Å²) >= 11 is 1.80. The number of hydrogen-bond acceptors (Lipinski definition) is 3. The van der Waals surface area contributed by atoms with Crippen molar-refractivity contribution >= 4 is 11.8 Å². The molecule has 0 spiro atoms. The van der Waals surface area contributed by atoms with Crippen molar-refractivity contribution in [3.8, 4) is 0 Å². The van der Waals surface area contributed by atoms with Crippen molar-refractivity contribution in [2.45, 2.75) is 25.2 Å². The van der Waals surface area contributed by atoms with Crippen LogP contribution >= 0.6 is 11.8 Å². The minimum atomic E-state index is -0.193. The molecule has 0 saturated carbocycles. The van der Waals surface area contributed by atoms with E-state index in [-0.39, 0.29) is 6.10 Å². The number of aliphatic hydroxyl groups is 1. The summed E-state index contributed by atoms with van der Waals surface area (Å²) in [7, 11) is 1.94. The lowest BCUT2D eigenvalue weighted by Crippen LogP contribution is -2.18. The summed E-state index contributed by atoms with van der Waals surface area (Å²) < 4.78 is 0. The van der Waals surface area contributed by atoms with Crippen molar-refractivity contribution < 1.29 is 5.11 Å². The summed E-state index contributed by atoms with van der Waals surface area (Å²) in [6.07, 6.45) is -0.193. The average Bonchev–Trinajstić information content (AvgIpc) is 1.88. The van der Waals surface area contributed by atoms with E-state index in [0.717, 1.165) is 12.3 Å². The van der Waals surface area contributed by atoms with Gasteiger partial charge in [0.25, 0.3) is 0 Å². The van der Waals surface area contributed by atoms with E-state index < -0.39 is 0 Å². The number of hydrogen-bond donors (Lipinski definition) is 2. The SMILES string of the molecule is CNCCSC(C)C(C)O. The Balaban J connectivity index is 3.13. The Kier molecular flexibility index (Phi) is 6.17. The van der Waals surface area contributed by atoms with Gasteiger partial charge in [-0.15, -0.1) is 0 Å². The molecule has 0 amide bonds. The van der Waals surface area contributed by atoms with Gasteiger partial charge in [-0.1, -0.05) is 6.92 Å². The van der Waals surface area contributed by atoms with Crippen molar-refractivity contribution in [1.29, 1.82) is 0 Å². The van der Waals surface area contributed by atoms with E-state index in [1.165, 1.54) is 0 Å². The third-order valence-corrected chi connectivity index (χ3v) is 2.77. The highest BCUT2D eigenvalue weighted by molar-refractivity contribution is 7.99. The first-order chi connectivity index (χ1) is 4.68. The topological polar surface area (TPSA) is 32.3 Å². The second-order valence-corrected chi connectivity index (χ2v) is 3.91. The molecule has 0 aliphatic carbocycles. The Labute approximate surface area is 67.4 Å². The highest BCUT2D eigenvalue weighted by atomic mass is 32.2. The van der Waals surface area contributed by atoms with Gasteiger partial charge in [0, 0.05) is 17.5 Å². The molecular formula is C7H17NOS. The predicted molar refractivity (Wildman–Crippen MR) is 47.5 cm³/mol. The van der Waals surface area contributed by atoms with Crippen LogP contribution in [-0.4, -0.2) is 35.8 Å². The lowest BCUT2D eigenvalue weighted by Gasteiger charge is -2.13. The Morgan fingerprint density at radius 2 is 2.10 bits per heavy atom. The summed E-state index contributed by atoms with van der Waals surface area (Å²) in [5, 5.41) is 12.5. The molecule has 0 heterocycles. The van der Waals surface area contributed by atoms with Crippen LogP contribution in [0, 0.1) is 0 Å². The Morgan fingerprint density at radius 3 is 2.50 bits per heavy atom. The second kappa shape index (κ2) is 6.01. The van der Waals surface area contributed by atoms with Gasteiger partial charge in [-0.05, 0) is 14.0 Å². The summed E-state index contributed by atoms with van der Waals surface area (Å²) in [6.45, 7) is 4.89. The minimum Gasteiger partial charge on any atom is -0.392 e. The normalized spacial score (nSPS) is 16.8. The van der Waals surface area contributed by atoms with E-state index in [2.05, 4.69) is 5.32 Å². The maximum absolute atomic E-state index is 9.08. The molecule has 0 saturated heterocycles. The third kappa shape index (κ3) is 5.09. The first kappa shape index (κ1) is 10.3. The molecule has 2 atom stereocenters. The molecule has 0 radical (unpaired) electrons. The van der Waals surface area contributed by atoms with Crippen LogP contribution in [0.25, 0.3) is 0 Å². The van der Waals surface area contributed by atoms with Gasteiger partial charge in [-0.3, -0.25) is 0 Å². The number of aliphatic hydroxyl groups excluding tert-OH is 1. The molecule has 0 rings (SSSR count). The molecule has 3 heteroatoms. The van der Waals surface area contributed by atoms with Crippen molar-refractivity contribution in [3.63, 3.8) is 0 Å². The minimum absolute atomic E-state index is 0.193. The highest BCUT2D eigenvalue weighted by Gasteiger charge is 2.07. The van der Waals surface area contributed by atoms with E-state index >= 15 is 0 Å². The number of thioether (sulfide) groups is 1. The van der Waals surface area contributed by atoms with Gasteiger partial charge in [0.05, 0.1) is 6.10 Å². The largest absolute Gasteiger partial charge is 0.392 e. The smallest absolute Gasteiger partial charge is 0.0627 e. The maximum atomic E-state index is 9.08. The Morgan fingerprint density at radius 1 is 1.50 bits per heavy atom. The number of nitrogens with one attached hydrogen (secondary N) is 1. The van der Waals surface area contributed by atoms with E-state index in [9.17, 15) is 0 Å². The summed E-state index contributed by atoms with van der Waals surface area (Å²) in [5.41, 5.74) is 0. The molecule has 0 aromatic rings. The molecular weight excluding hydrogens is 146 g/mol. The van der Waals surface area contributed by atoms with Gasteiger partial charge in [-0.2, -0.15) is 11.8 Å². The predicted octanol–water partition coefficient (Wildman–Crippen LogP) is 0.708. The molecule has 0 aromatic heterocycles. The maximum Gasteiger partial charge on any atom is 0.0627 e. The zero-order valence-electron chi connectivity index (χ0n) is 6.92. The van der Waals surface area contributed by atoms with Crippen LogP contribution in [-0.2, 0) is 0 Å². The van der Waals surface area contributed by atoms with Crippen LogP contribution in [0.15, 0.2) is 0 Å². The molecule has 0 bridgehead atoms. The molecule has 2 unspecified atom stereocenters. The highest BCUT2D eigenvalue weighted by Crippen LogP contribution is 2.12. The fraction of sp³-hybridized carbons (Fsp3) is 1.00. The van der Waals surface area contributed by atoms with Crippen LogP contribution in [0.4, 0.5) is 0 Å². The first-order valence-corrected chi connectivity index (χ1v) is 4.67. The molecule has 2 nitrogen and oxygen atoms in total. The molecule has 2 N–H and O–H groups in total. The van der Waals surface area contributed by atoms with Gasteiger partial charge < -0.3 is 10.4 Å². The van der Waals surface area contributed by atoms with Gasteiger partial charge in [-0.25, -0.2) is 0 Å². The standard InChI is InChI=1S/C7H17NOS/c1-6(9)7(2)10-5-4-8-3/h6-9H,4-5H2,1-3H3. The lowest BCUT2D eigenvalue weighted by atomic mass is 10.3. The Bertz CT molecular complexity index is 78.0. The zero-order valence-corrected chi connectivity index (χ0v) is 7.74. The van der Waals surface area contributed by atoms with Crippen LogP contribution in [0.5, 0.6) is 0 Å². The molecule has 62 valence electrons. The fourth-order valence-corrected chi connectivity index (χ4v) is 1.46. The van der Waals surface area contributed by atoms with Crippen LogP contribution < -0.4 is 5.32 Å². The van der Waals surface area contributed by atoms with Crippen LogP contribution in [0.3, 0.4) is 0 Å². The first-order valence-electron chi connectivity index (χ1n) is 3.62. The summed E-state index contributed by atoms with van der Waals surface area (Å²) in [6, 6.07) is 0. The van der Waals surface area contributed by atoms with Crippen molar-refractivity contribution in [2.24, 2.45) is 0 Å². The van der Waals surface area contributed by atoms with E-state index in [1.54, 1.807) is 11.8 Å².